The quantitative estimate of drug-likeness (QED) is 0.845. The van der Waals surface area contributed by atoms with Crippen LogP contribution in [0.2, 0.25) is 0 Å². The molecule has 4 rings (SSSR count). The van der Waals surface area contributed by atoms with Gasteiger partial charge < -0.3 is 9.80 Å². The van der Waals surface area contributed by atoms with Crippen LogP contribution in [0.4, 0.5) is 24.9 Å². The molecular weight excluding hydrogens is 333 g/mol. The molecule has 1 aliphatic carbocycles. The minimum absolute atomic E-state index is 0.212. The van der Waals surface area contributed by atoms with Crippen molar-refractivity contribution in [2.75, 3.05) is 36.0 Å². The summed E-state index contributed by atoms with van der Waals surface area (Å²) in [7, 11) is 0. The Kier molecular flexibility index (Phi) is 4.14. The Balaban J connectivity index is 1.49. The van der Waals surface area contributed by atoms with Gasteiger partial charge in [0.2, 0.25) is 5.95 Å². The number of hydrogen-bond acceptors (Lipinski definition) is 6. The van der Waals surface area contributed by atoms with Crippen molar-refractivity contribution in [2.45, 2.75) is 25.2 Å². The van der Waals surface area contributed by atoms with Gasteiger partial charge >= 0.3 is 0 Å². The summed E-state index contributed by atoms with van der Waals surface area (Å²) in [6.07, 6.45) is 1.59. The lowest BCUT2D eigenvalue weighted by molar-refractivity contribution is 0.145. The van der Waals surface area contributed by atoms with Gasteiger partial charge in [-0.25, -0.2) is 33.1 Å². The molecule has 0 atom stereocenters. The van der Waals surface area contributed by atoms with Crippen LogP contribution in [0, 0.1) is 5.82 Å². The number of nitrogens with zero attached hydrogens (tertiary/aromatic N) is 6. The maximum absolute atomic E-state index is 13.1. The topological polar surface area (TPSA) is 58.0 Å². The molecule has 1 saturated carbocycles. The molecule has 2 aromatic heterocycles. The lowest BCUT2D eigenvalue weighted by Gasteiger charge is -2.35. The first-order valence-electron chi connectivity index (χ1n) is 8.24. The first kappa shape index (κ1) is 16.0. The Morgan fingerprint density at radius 1 is 0.960 bits per heavy atom. The molecule has 25 heavy (non-hydrogen) atoms. The Labute approximate surface area is 142 Å². The van der Waals surface area contributed by atoms with Crippen LogP contribution in [0.1, 0.15) is 36.7 Å². The molecule has 0 aromatic carbocycles. The molecule has 2 aliphatic rings. The van der Waals surface area contributed by atoms with Gasteiger partial charge in [-0.1, -0.05) is 0 Å². The van der Waals surface area contributed by atoms with Gasteiger partial charge in [-0.05, 0) is 12.8 Å². The second-order valence-electron chi connectivity index (χ2n) is 6.26. The molecule has 1 aliphatic heterocycles. The van der Waals surface area contributed by atoms with Crippen LogP contribution in [-0.2, 0) is 0 Å². The van der Waals surface area contributed by atoms with Crippen molar-refractivity contribution in [3.8, 4) is 0 Å². The van der Waals surface area contributed by atoms with Gasteiger partial charge in [0.25, 0.3) is 6.43 Å². The van der Waals surface area contributed by atoms with E-state index in [9.17, 15) is 13.2 Å². The SMILES string of the molecule is Fc1cnc(N2CCN(c3cc(C(F)F)nc(C4CC4)n3)CC2)nc1. The largest absolute Gasteiger partial charge is 0.353 e. The van der Waals surface area contributed by atoms with E-state index < -0.39 is 12.2 Å². The molecule has 132 valence electrons. The lowest BCUT2D eigenvalue weighted by atomic mass is 10.3. The van der Waals surface area contributed by atoms with Crippen LogP contribution in [0.3, 0.4) is 0 Å². The van der Waals surface area contributed by atoms with Crippen molar-refractivity contribution in [1.29, 1.82) is 0 Å². The minimum Gasteiger partial charge on any atom is -0.353 e. The monoisotopic (exact) mass is 350 g/mol. The van der Waals surface area contributed by atoms with E-state index in [2.05, 4.69) is 19.9 Å². The Morgan fingerprint density at radius 3 is 2.20 bits per heavy atom. The van der Waals surface area contributed by atoms with Crippen molar-refractivity contribution in [3.05, 3.63) is 35.8 Å². The third-order valence-corrected chi connectivity index (χ3v) is 4.41. The number of alkyl halides is 2. The van der Waals surface area contributed by atoms with E-state index >= 15 is 0 Å². The van der Waals surface area contributed by atoms with Gasteiger partial charge in [0.05, 0.1) is 12.4 Å². The summed E-state index contributed by atoms with van der Waals surface area (Å²) in [5, 5.41) is 0. The molecule has 0 N–H and O–H groups in total. The molecule has 6 nitrogen and oxygen atoms in total. The summed E-state index contributed by atoms with van der Waals surface area (Å²) in [4.78, 5) is 20.4. The van der Waals surface area contributed by atoms with Crippen molar-refractivity contribution >= 4 is 11.8 Å². The van der Waals surface area contributed by atoms with Gasteiger partial charge in [0.1, 0.15) is 17.3 Å². The highest BCUT2D eigenvalue weighted by atomic mass is 19.3. The number of aromatic nitrogens is 4. The molecule has 3 heterocycles. The van der Waals surface area contributed by atoms with Gasteiger partial charge in [-0.3, -0.25) is 0 Å². The minimum atomic E-state index is -2.60. The van der Waals surface area contributed by atoms with E-state index in [-0.39, 0.29) is 11.6 Å². The molecule has 0 amide bonds. The van der Waals surface area contributed by atoms with E-state index in [0.717, 1.165) is 25.2 Å². The number of rotatable bonds is 4. The summed E-state index contributed by atoms with van der Waals surface area (Å²) in [6, 6.07) is 1.38. The third-order valence-electron chi connectivity index (χ3n) is 4.41. The predicted molar refractivity (Wildman–Crippen MR) is 85.4 cm³/mol. The highest BCUT2D eigenvalue weighted by Gasteiger charge is 2.30. The average Bonchev–Trinajstić information content (AvgIpc) is 3.47. The molecule has 0 unspecified atom stereocenters. The molecular formula is C16H17F3N6. The van der Waals surface area contributed by atoms with E-state index in [1.807, 2.05) is 9.80 Å². The number of piperazine rings is 1. The van der Waals surface area contributed by atoms with Crippen molar-refractivity contribution in [2.24, 2.45) is 0 Å². The summed E-state index contributed by atoms with van der Waals surface area (Å²) in [5.74, 6) is 1.28. The number of hydrogen-bond donors (Lipinski definition) is 0. The number of halogens is 3. The normalized spacial score (nSPS) is 18.1. The molecule has 0 bridgehead atoms. The van der Waals surface area contributed by atoms with Crippen molar-refractivity contribution in [3.63, 3.8) is 0 Å². The molecule has 9 heteroatoms. The van der Waals surface area contributed by atoms with Gasteiger partial charge in [0, 0.05) is 38.2 Å². The van der Waals surface area contributed by atoms with Gasteiger partial charge in [0.15, 0.2) is 5.82 Å². The van der Waals surface area contributed by atoms with E-state index in [1.54, 1.807) is 0 Å². The van der Waals surface area contributed by atoms with Crippen LogP contribution in [0.5, 0.6) is 0 Å². The van der Waals surface area contributed by atoms with E-state index in [1.165, 1.54) is 6.07 Å². The third kappa shape index (κ3) is 3.49. The Hall–Kier alpha value is -2.45. The highest BCUT2D eigenvalue weighted by molar-refractivity contribution is 5.44. The van der Waals surface area contributed by atoms with Crippen molar-refractivity contribution in [1.82, 2.24) is 19.9 Å². The zero-order chi connectivity index (χ0) is 17.4. The van der Waals surface area contributed by atoms with Crippen LogP contribution < -0.4 is 9.80 Å². The Bertz CT molecular complexity index is 722. The molecule has 2 aromatic rings. The average molecular weight is 350 g/mol. The van der Waals surface area contributed by atoms with Crippen LogP contribution >= 0.6 is 0 Å². The van der Waals surface area contributed by atoms with Crippen LogP contribution in [0.25, 0.3) is 0 Å². The maximum atomic E-state index is 13.1. The fourth-order valence-electron chi connectivity index (χ4n) is 2.87. The first-order valence-corrected chi connectivity index (χ1v) is 8.24. The fraction of sp³-hybridized carbons (Fsp3) is 0.500. The molecule has 1 saturated heterocycles. The zero-order valence-electron chi connectivity index (χ0n) is 13.4. The first-order chi connectivity index (χ1) is 12.1. The van der Waals surface area contributed by atoms with Gasteiger partial charge in [-0.15, -0.1) is 0 Å². The standard InChI is InChI=1S/C16H17F3N6/c17-11-8-20-16(21-9-11)25-5-3-24(4-6-25)13-7-12(14(18)19)22-15(23-13)10-1-2-10/h7-10,14H,1-6H2. The van der Waals surface area contributed by atoms with E-state index in [0.29, 0.717) is 43.8 Å². The second-order valence-corrected chi connectivity index (χ2v) is 6.26. The smallest absolute Gasteiger partial charge is 0.280 e. The van der Waals surface area contributed by atoms with E-state index in [4.69, 9.17) is 0 Å². The highest BCUT2D eigenvalue weighted by Crippen LogP contribution is 2.39. The molecule has 0 spiro atoms. The zero-order valence-corrected chi connectivity index (χ0v) is 13.4. The fourth-order valence-corrected chi connectivity index (χ4v) is 2.87. The maximum Gasteiger partial charge on any atom is 0.280 e. The summed E-state index contributed by atoms with van der Waals surface area (Å²) >= 11 is 0. The molecule has 2 fully saturated rings. The lowest BCUT2D eigenvalue weighted by Crippen LogP contribution is -2.47. The van der Waals surface area contributed by atoms with Gasteiger partial charge in [-0.2, -0.15) is 0 Å². The molecule has 0 radical (unpaired) electrons. The van der Waals surface area contributed by atoms with Crippen molar-refractivity contribution < 1.29 is 13.2 Å². The van der Waals surface area contributed by atoms with Crippen LogP contribution in [0.15, 0.2) is 18.5 Å². The predicted octanol–water partition coefficient (Wildman–Crippen LogP) is 2.55. The summed E-state index contributed by atoms with van der Waals surface area (Å²) < 4.78 is 39.2. The summed E-state index contributed by atoms with van der Waals surface area (Å²) in [5.41, 5.74) is -0.212. The Morgan fingerprint density at radius 2 is 1.60 bits per heavy atom. The second kappa shape index (κ2) is 6.45. The van der Waals surface area contributed by atoms with Crippen LogP contribution in [-0.4, -0.2) is 46.1 Å². The summed E-state index contributed by atoms with van der Waals surface area (Å²) in [6.45, 7) is 2.42. The number of anilines is 2.